The summed E-state index contributed by atoms with van der Waals surface area (Å²) in [5.41, 5.74) is 4.75. The molecule has 0 amide bonds. The maximum Gasteiger partial charge on any atom is 0.435 e. The summed E-state index contributed by atoms with van der Waals surface area (Å²) in [7, 11) is 0. The smallest absolute Gasteiger partial charge is 0.398 e. The van der Waals surface area contributed by atoms with Gasteiger partial charge in [0.1, 0.15) is 5.69 Å². The average Bonchev–Trinajstić information content (AvgIpc) is 2.96. The molecule has 0 aliphatic heterocycles. The number of halogens is 5. The number of nitrogens with zero attached hydrogens (tertiary/aromatic N) is 2. The highest BCUT2D eigenvalue weighted by molar-refractivity contribution is 5.76. The van der Waals surface area contributed by atoms with Crippen molar-refractivity contribution in [3.63, 3.8) is 0 Å². The third-order valence-electron chi connectivity index (χ3n) is 3.40. The molecule has 3 nitrogen and oxygen atoms in total. The monoisotopic (exact) mass is 339 g/mol. The molecule has 1 heterocycles. The highest BCUT2D eigenvalue weighted by atomic mass is 19.4. The molecule has 3 rings (SSSR count). The van der Waals surface area contributed by atoms with Crippen molar-refractivity contribution in [1.82, 2.24) is 9.78 Å². The van der Waals surface area contributed by atoms with E-state index in [1.54, 1.807) is 24.3 Å². The molecular weight excluding hydrogens is 329 g/mol. The third kappa shape index (κ3) is 2.82. The van der Waals surface area contributed by atoms with Crippen LogP contribution in [0.2, 0.25) is 0 Å². The Kier molecular flexibility index (Phi) is 3.75. The van der Waals surface area contributed by atoms with Crippen LogP contribution in [-0.2, 0) is 6.18 Å². The Morgan fingerprint density at radius 3 is 2.12 bits per heavy atom. The average molecular weight is 339 g/mol. The minimum atomic E-state index is -4.70. The van der Waals surface area contributed by atoms with Gasteiger partial charge in [-0.2, -0.15) is 18.3 Å². The Balaban J connectivity index is 2.09. The van der Waals surface area contributed by atoms with E-state index >= 15 is 0 Å². The number of nitrogen functional groups attached to an aromatic ring is 1. The van der Waals surface area contributed by atoms with Crippen LogP contribution in [0.15, 0.2) is 48.7 Å². The van der Waals surface area contributed by atoms with Crippen molar-refractivity contribution < 1.29 is 22.0 Å². The number of benzene rings is 2. The first-order valence-electron chi connectivity index (χ1n) is 6.74. The topological polar surface area (TPSA) is 43.8 Å². The number of anilines is 1. The van der Waals surface area contributed by atoms with Crippen LogP contribution in [0.4, 0.5) is 27.6 Å². The summed E-state index contributed by atoms with van der Waals surface area (Å²) in [5.74, 6) is -2.10. The summed E-state index contributed by atoms with van der Waals surface area (Å²) >= 11 is 0. The van der Waals surface area contributed by atoms with Gasteiger partial charge >= 0.3 is 6.18 Å². The number of aromatic nitrogens is 2. The van der Waals surface area contributed by atoms with Crippen LogP contribution in [0.5, 0.6) is 0 Å². The molecule has 3 aromatic rings. The van der Waals surface area contributed by atoms with E-state index in [9.17, 15) is 22.0 Å². The maximum atomic E-state index is 14.3. The maximum absolute atomic E-state index is 14.3. The zero-order valence-corrected chi connectivity index (χ0v) is 12.0. The quantitative estimate of drug-likeness (QED) is 0.555. The van der Waals surface area contributed by atoms with E-state index in [2.05, 4.69) is 5.10 Å². The van der Waals surface area contributed by atoms with E-state index in [0.717, 1.165) is 18.3 Å². The molecule has 2 N–H and O–H groups in total. The molecule has 0 fully saturated rings. The first-order chi connectivity index (χ1) is 11.3. The highest BCUT2D eigenvalue weighted by Crippen LogP contribution is 2.31. The fourth-order valence-electron chi connectivity index (χ4n) is 2.30. The first-order valence-corrected chi connectivity index (χ1v) is 6.74. The lowest BCUT2D eigenvalue weighted by Gasteiger charge is -2.10. The fourth-order valence-corrected chi connectivity index (χ4v) is 2.30. The number of rotatable bonds is 2. The molecular formula is C16H10F5N3. The number of para-hydroxylation sites is 1. The van der Waals surface area contributed by atoms with Gasteiger partial charge in [0.2, 0.25) is 0 Å². The molecule has 1 aromatic heterocycles. The van der Waals surface area contributed by atoms with Crippen LogP contribution in [0.3, 0.4) is 0 Å². The molecule has 124 valence electrons. The summed E-state index contributed by atoms with van der Waals surface area (Å²) in [6, 6.07) is 9.11. The van der Waals surface area contributed by atoms with Crippen LogP contribution in [-0.4, -0.2) is 9.78 Å². The Morgan fingerprint density at radius 1 is 0.958 bits per heavy atom. The normalized spacial score (nSPS) is 11.7. The van der Waals surface area contributed by atoms with Crippen LogP contribution >= 0.6 is 0 Å². The molecule has 0 atom stereocenters. The summed E-state index contributed by atoms with van der Waals surface area (Å²) in [4.78, 5) is 0. The summed E-state index contributed by atoms with van der Waals surface area (Å²) in [5, 5.41) is 3.18. The molecule has 0 aliphatic carbocycles. The summed E-state index contributed by atoms with van der Waals surface area (Å²) < 4.78 is 66.8. The molecule has 2 aromatic carbocycles. The van der Waals surface area contributed by atoms with Crippen molar-refractivity contribution in [2.45, 2.75) is 6.18 Å². The molecule has 0 saturated heterocycles. The van der Waals surface area contributed by atoms with Gasteiger partial charge in [-0.1, -0.05) is 18.2 Å². The first kappa shape index (κ1) is 16.0. The zero-order chi connectivity index (χ0) is 17.5. The standard InChI is InChI=1S/C16H10F5N3/c17-11-7-9(10-3-1-2-4-13(10)22)8-12(18)15(11)24-6-5-14(23-24)16(19,20)21/h1-8H,22H2. The molecule has 0 aliphatic rings. The predicted octanol–water partition coefficient (Wildman–Crippen LogP) is 4.42. The van der Waals surface area contributed by atoms with E-state index in [1.807, 2.05) is 0 Å². The minimum absolute atomic E-state index is 0.176. The predicted molar refractivity (Wildman–Crippen MR) is 78.3 cm³/mol. The molecule has 0 saturated carbocycles. The Hall–Kier alpha value is -2.90. The Morgan fingerprint density at radius 2 is 1.58 bits per heavy atom. The SMILES string of the molecule is Nc1ccccc1-c1cc(F)c(-n2ccc(C(F)(F)F)n2)c(F)c1. The van der Waals surface area contributed by atoms with Gasteiger partial charge in [-0.15, -0.1) is 0 Å². The zero-order valence-electron chi connectivity index (χ0n) is 12.0. The Bertz CT molecular complexity index is 876. The lowest BCUT2D eigenvalue weighted by Crippen LogP contribution is -2.09. The highest BCUT2D eigenvalue weighted by Gasteiger charge is 2.34. The van der Waals surface area contributed by atoms with Crippen molar-refractivity contribution in [2.24, 2.45) is 0 Å². The summed E-state index contributed by atoms with van der Waals surface area (Å²) in [6.45, 7) is 0. The van der Waals surface area contributed by atoms with E-state index in [0.29, 0.717) is 22.0 Å². The minimum Gasteiger partial charge on any atom is -0.398 e. The van der Waals surface area contributed by atoms with Gasteiger partial charge in [0.25, 0.3) is 0 Å². The largest absolute Gasteiger partial charge is 0.435 e. The fraction of sp³-hybridized carbons (Fsp3) is 0.0625. The molecule has 0 spiro atoms. The number of hydrogen-bond acceptors (Lipinski definition) is 2. The van der Waals surface area contributed by atoms with Crippen molar-refractivity contribution >= 4 is 5.69 Å². The Labute approximate surface area is 133 Å². The summed E-state index contributed by atoms with van der Waals surface area (Å²) in [6.07, 6.45) is -3.85. The number of nitrogens with two attached hydrogens (primary N) is 1. The van der Waals surface area contributed by atoms with E-state index in [1.165, 1.54) is 0 Å². The second-order valence-electron chi connectivity index (χ2n) is 5.02. The van der Waals surface area contributed by atoms with Gasteiger partial charge in [-0.25, -0.2) is 13.5 Å². The van der Waals surface area contributed by atoms with Gasteiger partial charge in [0.15, 0.2) is 17.3 Å². The lowest BCUT2D eigenvalue weighted by atomic mass is 10.0. The third-order valence-corrected chi connectivity index (χ3v) is 3.40. The van der Waals surface area contributed by atoms with Crippen molar-refractivity contribution in [2.75, 3.05) is 5.73 Å². The van der Waals surface area contributed by atoms with Crippen molar-refractivity contribution in [1.29, 1.82) is 0 Å². The second kappa shape index (κ2) is 5.63. The van der Waals surface area contributed by atoms with Crippen LogP contribution < -0.4 is 5.73 Å². The van der Waals surface area contributed by atoms with Gasteiger partial charge in [0, 0.05) is 17.4 Å². The van der Waals surface area contributed by atoms with Gasteiger partial charge < -0.3 is 5.73 Å². The number of alkyl halides is 3. The van der Waals surface area contributed by atoms with Crippen molar-refractivity contribution in [3.05, 3.63) is 66.0 Å². The van der Waals surface area contributed by atoms with E-state index in [-0.39, 0.29) is 5.56 Å². The van der Waals surface area contributed by atoms with Crippen LogP contribution in [0, 0.1) is 11.6 Å². The number of hydrogen-bond donors (Lipinski definition) is 1. The van der Waals surface area contributed by atoms with Gasteiger partial charge in [-0.05, 0) is 29.8 Å². The van der Waals surface area contributed by atoms with Crippen molar-refractivity contribution in [3.8, 4) is 16.8 Å². The van der Waals surface area contributed by atoms with Gasteiger partial charge in [-0.3, -0.25) is 0 Å². The van der Waals surface area contributed by atoms with Gasteiger partial charge in [0.05, 0.1) is 0 Å². The molecule has 24 heavy (non-hydrogen) atoms. The second-order valence-corrected chi connectivity index (χ2v) is 5.02. The lowest BCUT2D eigenvalue weighted by molar-refractivity contribution is -0.141. The molecule has 0 bridgehead atoms. The van der Waals surface area contributed by atoms with Crippen LogP contribution in [0.25, 0.3) is 16.8 Å². The molecule has 0 unspecified atom stereocenters. The van der Waals surface area contributed by atoms with E-state index in [4.69, 9.17) is 5.73 Å². The van der Waals surface area contributed by atoms with E-state index < -0.39 is 29.2 Å². The molecule has 8 heteroatoms. The van der Waals surface area contributed by atoms with Crippen LogP contribution in [0.1, 0.15) is 5.69 Å². The molecule has 0 radical (unpaired) electrons.